The van der Waals surface area contributed by atoms with Crippen molar-refractivity contribution in [1.82, 2.24) is 24.8 Å². The van der Waals surface area contributed by atoms with Crippen LogP contribution in [0.25, 0.3) is 0 Å². The van der Waals surface area contributed by atoms with E-state index in [1.807, 2.05) is 13.8 Å². The first-order valence-corrected chi connectivity index (χ1v) is 8.95. The normalized spacial score (nSPS) is 20.7. The van der Waals surface area contributed by atoms with Crippen LogP contribution >= 0.6 is 0 Å². The Morgan fingerprint density at radius 1 is 1.12 bits per heavy atom. The number of likely N-dealkylation sites (tertiary alicyclic amines) is 1. The van der Waals surface area contributed by atoms with Crippen LogP contribution in [0.1, 0.15) is 71.0 Å². The average molecular weight is 341 g/mol. The number of amides is 1. The third-order valence-corrected chi connectivity index (χ3v) is 5.18. The smallest absolute Gasteiger partial charge is 0.272 e. The third kappa shape index (κ3) is 3.23. The number of hydrogen-bond acceptors (Lipinski definition) is 4. The van der Waals surface area contributed by atoms with E-state index in [0.29, 0.717) is 24.8 Å². The van der Waals surface area contributed by atoms with Gasteiger partial charge >= 0.3 is 0 Å². The summed E-state index contributed by atoms with van der Waals surface area (Å²) in [6.07, 6.45) is 3.99. The molecule has 132 valence electrons. The first kappa shape index (κ1) is 16.1. The molecule has 1 unspecified atom stereocenters. The van der Waals surface area contributed by atoms with Gasteiger partial charge in [-0.15, -0.1) is 0 Å². The van der Waals surface area contributed by atoms with E-state index < -0.39 is 0 Å². The first-order chi connectivity index (χ1) is 12.0. The second-order valence-corrected chi connectivity index (χ2v) is 7.21. The summed E-state index contributed by atoms with van der Waals surface area (Å²) in [4.78, 5) is 41.7. The van der Waals surface area contributed by atoms with Gasteiger partial charge in [0.2, 0.25) is 0 Å². The number of carbonyl (C=O) groups is 1. The number of aromatic amines is 2. The molecule has 2 fully saturated rings. The van der Waals surface area contributed by atoms with E-state index in [1.54, 1.807) is 4.90 Å². The van der Waals surface area contributed by atoms with Crippen molar-refractivity contribution >= 4 is 5.91 Å². The van der Waals surface area contributed by atoms with Crippen LogP contribution in [0, 0.1) is 13.8 Å². The number of imidazole rings is 1. The van der Waals surface area contributed by atoms with Crippen LogP contribution in [0.2, 0.25) is 0 Å². The maximum absolute atomic E-state index is 12.9. The fourth-order valence-corrected chi connectivity index (χ4v) is 3.45. The third-order valence-electron chi connectivity index (χ3n) is 5.18. The quantitative estimate of drug-likeness (QED) is 0.893. The van der Waals surface area contributed by atoms with E-state index in [0.717, 1.165) is 42.9 Å². The predicted octanol–water partition coefficient (Wildman–Crippen LogP) is 2.01. The Bertz CT molecular complexity index is 845. The van der Waals surface area contributed by atoms with Crippen LogP contribution in [0.5, 0.6) is 0 Å². The fraction of sp³-hybridized carbons (Fsp3) is 0.556. The molecule has 7 heteroatoms. The second kappa shape index (κ2) is 6.13. The molecular weight excluding hydrogens is 318 g/mol. The number of H-pyrrole nitrogens is 2. The molecule has 7 nitrogen and oxygen atoms in total. The molecule has 25 heavy (non-hydrogen) atoms. The Morgan fingerprint density at radius 3 is 2.56 bits per heavy atom. The SMILES string of the molecule is Cc1nc(C2CCCN(C(=O)c3cc(=O)[nH]c(C4CC4)n3)C2)[nH]c1C. The van der Waals surface area contributed by atoms with Gasteiger partial charge in [-0.3, -0.25) is 9.59 Å². The van der Waals surface area contributed by atoms with Gasteiger partial charge in [0.15, 0.2) is 0 Å². The molecule has 2 aromatic heterocycles. The standard InChI is InChI=1S/C18H23N5O2/c1-10-11(2)20-17(19-10)13-4-3-7-23(9-13)18(25)14-8-15(24)22-16(21-14)12-5-6-12/h8,12-13H,3-7,9H2,1-2H3,(H,19,20)(H,21,22,24). The minimum absolute atomic E-state index is 0.155. The molecule has 2 aliphatic rings. The topological polar surface area (TPSA) is 94.7 Å². The number of nitrogens with zero attached hydrogens (tertiary/aromatic N) is 3. The maximum atomic E-state index is 12.9. The lowest BCUT2D eigenvalue weighted by molar-refractivity contribution is 0.0698. The summed E-state index contributed by atoms with van der Waals surface area (Å²) in [6, 6.07) is 1.32. The summed E-state index contributed by atoms with van der Waals surface area (Å²) in [7, 11) is 0. The van der Waals surface area contributed by atoms with Crippen molar-refractivity contribution in [1.29, 1.82) is 0 Å². The molecule has 1 aliphatic carbocycles. The van der Waals surface area contributed by atoms with Gasteiger partial charge in [-0.2, -0.15) is 0 Å². The molecule has 1 saturated carbocycles. The minimum Gasteiger partial charge on any atom is -0.346 e. The van der Waals surface area contributed by atoms with Gasteiger partial charge in [-0.05, 0) is 39.5 Å². The molecule has 1 saturated heterocycles. The lowest BCUT2D eigenvalue weighted by Gasteiger charge is -2.31. The van der Waals surface area contributed by atoms with Crippen LogP contribution in [-0.4, -0.2) is 43.8 Å². The van der Waals surface area contributed by atoms with Crippen molar-refractivity contribution in [3.05, 3.63) is 45.2 Å². The van der Waals surface area contributed by atoms with E-state index >= 15 is 0 Å². The highest BCUT2D eigenvalue weighted by Crippen LogP contribution is 2.37. The Balaban J connectivity index is 1.54. The van der Waals surface area contributed by atoms with Gasteiger partial charge in [-0.25, -0.2) is 9.97 Å². The van der Waals surface area contributed by atoms with Crippen molar-refractivity contribution in [2.75, 3.05) is 13.1 Å². The number of piperidine rings is 1. The van der Waals surface area contributed by atoms with E-state index in [-0.39, 0.29) is 23.1 Å². The molecule has 2 aromatic rings. The Hall–Kier alpha value is -2.44. The Morgan fingerprint density at radius 2 is 1.88 bits per heavy atom. The van der Waals surface area contributed by atoms with Crippen molar-refractivity contribution in [3.8, 4) is 0 Å². The van der Waals surface area contributed by atoms with E-state index in [2.05, 4.69) is 19.9 Å². The van der Waals surface area contributed by atoms with Gasteiger partial charge in [-0.1, -0.05) is 0 Å². The Labute approximate surface area is 145 Å². The lowest BCUT2D eigenvalue weighted by Crippen LogP contribution is -2.40. The monoisotopic (exact) mass is 341 g/mol. The Kier molecular flexibility index (Phi) is 3.94. The number of rotatable bonds is 3. The van der Waals surface area contributed by atoms with E-state index in [9.17, 15) is 9.59 Å². The molecule has 0 aromatic carbocycles. The van der Waals surface area contributed by atoms with Crippen LogP contribution < -0.4 is 5.56 Å². The van der Waals surface area contributed by atoms with Crippen LogP contribution in [-0.2, 0) is 0 Å². The molecular formula is C18H23N5O2. The fourth-order valence-electron chi connectivity index (χ4n) is 3.45. The summed E-state index contributed by atoms with van der Waals surface area (Å²) in [5.74, 6) is 1.96. The van der Waals surface area contributed by atoms with Crippen LogP contribution in [0.4, 0.5) is 0 Å². The summed E-state index contributed by atoms with van der Waals surface area (Å²) in [5, 5.41) is 0. The van der Waals surface area contributed by atoms with Gasteiger partial charge < -0.3 is 14.9 Å². The van der Waals surface area contributed by atoms with Gasteiger partial charge in [0.25, 0.3) is 11.5 Å². The average Bonchev–Trinajstić information content (AvgIpc) is 3.40. The summed E-state index contributed by atoms with van der Waals surface area (Å²) in [5.41, 5.74) is 2.09. The highest BCUT2D eigenvalue weighted by atomic mass is 16.2. The van der Waals surface area contributed by atoms with Crippen molar-refractivity contribution in [3.63, 3.8) is 0 Å². The molecule has 1 amide bonds. The van der Waals surface area contributed by atoms with Crippen molar-refractivity contribution < 1.29 is 4.79 Å². The molecule has 3 heterocycles. The molecule has 4 rings (SSSR count). The largest absolute Gasteiger partial charge is 0.346 e. The molecule has 2 N–H and O–H groups in total. The van der Waals surface area contributed by atoms with Crippen molar-refractivity contribution in [2.45, 2.75) is 51.4 Å². The zero-order valence-electron chi connectivity index (χ0n) is 14.6. The number of aryl methyl sites for hydroxylation is 2. The van der Waals surface area contributed by atoms with Crippen molar-refractivity contribution in [2.24, 2.45) is 0 Å². The van der Waals surface area contributed by atoms with E-state index in [1.165, 1.54) is 6.07 Å². The highest BCUT2D eigenvalue weighted by Gasteiger charge is 2.30. The summed E-state index contributed by atoms with van der Waals surface area (Å²) >= 11 is 0. The first-order valence-electron chi connectivity index (χ1n) is 8.95. The van der Waals surface area contributed by atoms with Gasteiger partial charge in [0, 0.05) is 36.7 Å². The zero-order chi connectivity index (χ0) is 17.6. The number of nitrogens with one attached hydrogen (secondary N) is 2. The van der Waals surface area contributed by atoms with E-state index in [4.69, 9.17) is 0 Å². The predicted molar refractivity (Wildman–Crippen MR) is 92.8 cm³/mol. The lowest BCUT2D eigenvalue weighted by atomic mass is 9.97. The number of carbonyl (C=O) groups excluding carboxylic acids is 1. The molecule has 1 aliphatic heterocycles. The van der Waals surface area contributed by atoms with Crippen LogP contribution in [0.15, 0.2) is 10.9 Å². The highest BCUT2D eigenvalue weighted by molar-refractivity contribution is 5.92. The maximum Gasteiger partial charge on any atom is 0.272 e. The molecule has 0 bridgehead atoms. The van der Waals surface area contributed by atoms with Crippen LogP contribution in [0.3, 0.4) is 0 Å². The minimum atomic E-state index is -0.244. The second-order valence-electron chi connectivity index (χ2n) is 7.21. The van der Waals surface area contributed by atoms with Gasteiger partial charge in [0.1, 0.15) is 17.3 Å². The molecule has 1 atom stereocenters. The number of aromatic nitrogens is 4. The van der Waals surface area contributed by atoms with Gasteiger partial charge in [0.05, 0.1) is 5.69 Å². The molecule has 0 spiro atoms. The summed E-state index contributed by atoms with van der Waals surface area (Å²) < 4.78 is 0. The number of hydrogen-bond donors (Lipinski definition) is 2. The molecule has 0 radical (unpaired) electrons. The summed E-state index contributed by atoms with van der Waals surface area (Å²) in [6.45, 7) is 5.30. The zero-order valence-corrected chi connectivity index (χ0v) is 14.6.